The zero-order chi connectivity index (χ0) is 26.3. The molecular formula is C29H23BrF2N2O3. The summed E-state index contributed by atoms with van der Waals surface area (Å²) in [5.74, 6) is -3.32. The maximum absolute atomic E-state index is 14.7. The quantitative estimate of drug-likeness (QED) is 0.164. The van der Waals surface area contributed by atoms with Crippen LogP contribution in [-0.2, 0) is 11.2 Å². The summed E-state index contributed by atoms with van der Waals surface area (Å²) in [6.07, 6.45) is 5.45. The lowest BCUT2D eigenvalue weighted by Crippen LogP contribution is -2.13. The first kappa shape index (κ1) is 25.0. The van der Waals surface area contributed by atoms with Crippen LogP contribution in [0.15, 0.2) is 66.9 Å². The number of fused-ring (bicyclic) bond motifs is 2. The summed E-state index contributed by atoms with van der Waals surface area (Å²) in [6.45, 7) is 2.03. The van der Waals surface area contributed by atoms with E-state index < -0.39 is 35.1 Å². The number of allylic oxidation sites excluding steroid dienone is 1. The number of hydrogen-bond acceptors (Lipinski definition) is 3. The first-order valence-electron chi connectivity index (χ1n) is 11.8. The Labute approximate surface area is 220 Å². The third-order valence-electron chi connectivity index (χ3n) is 6.79. The molecule has 0 saturated heterocycles. The van der Waals surface area contributed by atoms with Gasteiger partial charge in [0.25, 0.3) is 0 Å². The van der Waals surface area contributed by atoms with Crippen LogP contribution in [-0.4, -0.2) is 26.5 Å². The van der Waals surface area contributed by atoms with E-state index in [4.69, 9.17) is 0 Å². The van der Waals surface area contributed by atoms with Gasteiger partial charge in [0.15, 0.2) is 0 Å². The Hall–Kier alpha value is -3.62. The van der Waals surface area contributed by atoms with Gasteiger partial charge >= 0.3 is 0 Å². The fourth-order valence-electron chi connectivity index (χ4n) is 4.99. The molecule has 2 aromatic carbocycles. The number of anilines is 1. The van der Waals surface area contributed by atoms with Crippen LogP contribution >= 0.6 is 15.9 Å². The van der Waals surface area contributed by atoms with Gasteiger partial charge in [-0.15, -0.1) is 0 Å². The fraction of sp³-hybridized carbons (Fsp3) is 0.172. The number of rotatable bonds is 6. The molecule has 0 aliphatic heterocycles. The van der Waals surface area contributed by atoms with E-state index in [0.717, 1.165) is 58.0 Å². The summed E-state index contributed by atoms with van der Waals surface area (Å²) < 4.78 is 31.1. The van der Waals surface area contributed by atoms with Crippen LogP contribution in [0.1, 0.15) is 45.3 Å². The lowest BCUT2D eigenvalue weighted by atomic mass is 9.93. The second-order valence-electron chi connectivity index (χ2n) is 8.95. The molecule has 0 spiro atoms. The highest BCUT2D eigenvalue weighted by Gasteiger charge is 2.24. The average Bonchev–Trinajstić information content (AvgIpc) is 3.49. The van der Waals surface area contributed by atoms with Gasteiger partial charge in [0.2, 0.25) is 11.7 Å². The van der Waals surface area contributed by atoms with Gasteiger partial charge in [-0.2, -0.15) is 0 Å². The minimum atomic E-state index is -1.04. The molecule has 37 heavy (non-hydrogen) atoms. The number of carbonyl (C=O) groups is 2. The molecule has 1 aliphatic carbocycles. The van der Waals surface area contributed by atoms with E-state index in [0.29, 0.717) is 11.8 Å². The van der Waals surface area contributed by atoms with Gasteiger partial charge in [0.1, 0.15) is 17.3 Å². The standard InChI is InChI=1S/C29H23BrF2N2O3/c1-16-18(6-7-21-19(16)8-11-26(21)35)20-4-3-13-34-24(20)9-10-25(34)29(37)17-14-22(31)28(23(32)15-17)33-27(36)5-2-12-30/h2-7,9-10,13-15,26,35H,8,11-12H2,1H3,(H,33,36)/b5-2+. The van der Waals surface area contributed by atoms with E-state index in [1.54, 1.807) is 16.7 Å². The van der Waals surface area contributed by atoms with Crippen molar-refractivity contribution in [1.82, 2.24) is 4.40 Å². The number of benzene rings is 2. The predicted molar refractivity (Wildman–Crippen MR) is 142 cm³/mol. The molecule has 0 fully saturated rings. The van der Waals surface area contributed by atoms with Crippen LogP contribution in [0.5, 0.6) is 0 Å². The number of alkyl halides is 1. The van der Waals surface area contributed by atoms with Crippen molar-refractivity contribution in [2.75, 3.05) is 10.6 Å². The molecule has 1 aliphatic rings. The minimum absolute atomic E-state index is 0.169. The van der Waals surface area contributed by atoms with Gasteiger partial charge in [-0.25, -0.2) is 8.78 Å². The molecule has 0 saturated carbocycles. The Balaban J connectivity index is 1.51. The van der Waals surface area contributed by atoms with Crippen molar-refractivity contribution in [3.63, 3.8) is 0 Å². The first-order valence-corrected chi connectivity index (χ1v) is 12.9. The maximum Gasteiger partial charge on any atom is 0.248 e. The molecule has 1 atom stereocenters. The number of halogens is 3. The zero-order valence-electron chi connectivity index (χ0n) is 19.9. The lowest BCUT2D eigenvalue weighted by Gasteiger charge is -2.14. The molecule has 2 aromatic heterocycles. The monoisotopic (exact) mass is 564 g/mol. The molecular weight excluding hydrogens is 542 g/mol. The van der Waals surface area contributed by atoms with Crippen LogP contribution in [0.25, 0.3) is 16.6 Å². The second-order valence-corrected chi connectivity index (χ2v) is 9.59. The molecule has 2 N–H and O–H groups in total. The number of aliphatic hydroxyl groups is 1. The Kier molecular flexibility index (Phi) is 6.79. The molecule has 0 bridgehead atoms. The van der Waals surface area contributed by atoms with Crippen LogP contribution in [0.2, 0.25) is 0 Å². The van der Waals surface area contributed by atoms with Crippen molar-refractivity contribution in [2.24, 2.45) is 0 Å². The van der Waals surface area contributed by atoms with E-state index in [1.165, 1.54) is 6.08 Å². The zero-order valence-corrected chi connectivity index (χ0v) is 21.5. The van der Waals surface area contributed by atoms with Gasteiger partial charge < -0.3 is 14.8 Å². The Morgan fingerprint density at radius 2 is 1.89 bits per heavy atom. The molecule has 0 radical (unpaired) electrons. The fourth-order valence-corrected chi connectivity index (χ4v) is 5.18. The highest BCUT2D eigenvalue weighted by molar-refractivity contribution is 9.09. The maximum atomic E-state index is 14.7. The van der Waals surface area contributed by atoms with Gasteiger partial charge in [-0.1, -0.05) is 40.2 Å². The third-order valence-corrected chi connectivity index (χ3v) is 7.16. The van der Waals surface area contributed by atoms with E-state index in [9.17, 15) is 23.5 Å². The molecule has 8 heteroatoms. The van der Waals surface area contributed by atoms with Crippen LogP contribution in [0.3, 0.4) is 0 Å². The predicted octanol–water partition coefficient (Wildman–Crippen LogP) is 6.29. The third kappa shape index (κ3) is 4.51. The summed E-state index contributed by atoms with van der Waals surface area (Å²) in [5.41, 5.74) is 5.36. The van der Waals surface area contributed by atoms with Gasteiger partial charge in [0.05, 0.1) is 17.3 Å². The van der Waals surface area contributed by atoms with E-state index in [1.807, 2.05) is 37.3 Å². The number of ketones is 1. The summed E-state index contributed by atoms with van der Waals surface area (Å²) in [6, 6.07) is 13.0. The van der Waals surface area contributed by atoms with Crippen LogP contribution < -0.4 is 5.32 Å². The SMILES string of the molecule is Cc1c(-c2cccn3c(C(=O)c4cc(F)c(NC(=O)/C=C/CBr)c(F)c4)ccc23)ccc2c1CCC2O. The molecule has 4 aromatic rings. The number of aliphatic hydroxyl groups excluding tert-OH is 1. The van der Waals surface area contributed by atoms with Gasteiger partial charge in [-0.05, 0) is 72.4 Å². The lowest BCUT2D eigenvalue weighted by molar-refractivity contribution is -0.112. The molecule has 188 valence electrons. The number of pyridine rings is 1. The summed E-state index contributed by atoms with van der Waals surface area (Å²) in [4.78, 5) is 25.2. The smallest absolute Gasteiger partial charge is 0.248 e. The van der Waals surface area contributed by atoms with Crippen LogP contribution in [0, 0.1) is 18.6 Å². The topological polar surface area (TPSA) is 70.8 Å². The Bertz CT molecular complexity index is 1570. The van der Waals surface area contributed by atoms with Gasteiger partial charge in [-0.3, -0.25) is 9.59 Å². The van der Waals surface area contributed by atoms with Crippen molar-refractivity contribution in [3.05, 3.63) is 106 Å². The number of carbonyl (C=O) groups excluding carboxylic acids is 2. The van der Waals surface area contributed by atoms with Crippen molar-refractivity contribution < 1.29 is 23.5 Å². The van der Waals surface area contributed by atoms with Gasteiger partial charge in [0, 0.05) is 28.7 Å². The second kappa shape index (κ2) is 10.0. The minimum Gasteiger partial charge on any atom is -0.388 e. The summed E-state index contributed by atoms with van der Waals surface area (Å²) in [5, 5.41) is 12.8. The Morgan fingerprint density at radius 1 is 1.14 bits per heavy atom. The molecule has 2 heterocycles. The molecule has 1 amide bonds. The molecule has 1 unspecified atom stereocenters. The van der Waals surface area contributed by atoms with Crippen molar-refractivity contribution in [3.8, 4) is 11.1 Å². The van der Waals surface area contributed by atoms with E-state index in [2.05, 4.69) is 21.2 Å². The molecule has 5 rings (SSSR count). The number of amides is 1. The first-order chi connectivity index (χ1) is 17.8. The van der Waals surface area contributed by atoms with E-state index in [-0.39, 0.29) is 11.3 Å². The Morgan fingerprint density at radius 3 is 2.62 bits per heavy atom. The highest BCUT2D eigenvalue weighted by Crippen LogP contribution is 2.39. The average molecular weight is 565 g/mol. The highest BCUT2D eigenvalue weighted by atomic mass is 79.9. The number of nitrogens with one attached hydrogen (secondary N) is 1. The number of hydrogen-bond donors (Lipinski definition) is 2. The summed E-state index contributed by atoms with van der Waals surface area (Å²) in [7, 11) is 0. The largest absolute Gasteiger partial charge is 0.388 e. The van der Waals surface area contributed by atoms with Crippen molar-refractivity contribution >= 4 is 38.8 Å². The van der Waals surface area contributed by atoms with E-state index >= 15 is 0 Å². The normalized spacial score (nSPS) is 14.9. The summed E-state index contributed by atoms with van der Waals surface area (Å²) >= 11 is 3.13. The van der Waals surface area contributed by atoms with Crippen molar-refractivity contribution in [1.29, 1.82) is 0 Å². The number of nitrogens with zero attached hydrogens (tertiary/aromatic N) is 1. The number of aromatic nitrogens is 1. The van der Waals surface area contributed by atoms with Crippen molar-refractivity contribution in [2.45, 2.75) is 25.9 Å². The van der Waals surface area contributed by atoms with Crippen LogP contribution in [0.4, 0.5) is 14.5 Å². The molecule has 5 nitrogen and oxygen atoms in total.